The maximum absolute atomic E-state index is 14.0. The fourth-order valence-electron chi connectivity index (χ4n) is 2.94. The summed E-state index contributed by atoms with van der Waals surface area (Å²) in [6.07, 6.45) is 4.57. The maximum atomic E-state index is 14.0. The van der Waals surface area contributed by atoms with Crippen LogP contribution in [0.15, 0.2) is 78.7 Å². The number of carbonyl (C=O) groups excluding carboxylic acids is 2. The molecule has 7 heteroatoms. The van der Waals surface area contributed by atoms with Crippen molar-refractivity contribution in [2.75, 3.05) is 11.4 Å². The van der Waals surface area contributed by atoms with Crippen molar-refractivity contribution < 1.29 is 14.0 Å². The van der Waals surface area contributed by atoms with E-state index in [1.165, 1.54) is 40.2 Å². The number of thiazole rings is 1. The number of hydrogen-bond donors (Lipinski definition) is 0. The third-order valence-electron chi connectivity index (χ3n) is 4.41. The predicted molar refractivity (Wildman–Crippen MR) is 122 cm³/mol. The third-order valence-corrected chi connectivity index (χ3v) is 5.25. The van der Waals surface area contributed by atoms with Crippen LogP contribution in [0.2, 0.25) is 0 Å². The summed E-state index contributed by atoms with van der Waals surface area (Å²) in [6, 6.07) is 15.6. The van der Waals surface area contributed by atoms with Crippen molar-refractivity contribution in [1.82, 2.24) is 9.88 Å². The summed E-state index contributed by atoms with van der Waals surface area (Å²) in [7, 11) is 0. The zero-order valence-corrected chi connectivity index (χ0v) is 17.9. The van der Waals surface area contributed by atoms with Crippen LogP contribution < -0.4 is 4.90 Å². The molecule has 158 valence electrons. The second-order valence-corrected chi connectivity index (χ2v) is 7.51. The molecule has 0 N–H and O–H groups in total. The molecule has 31 heavy (non-hydrogen) atoms. The molecule has 0 saturated heterocycles. The van der Waals surface area contributed by atoms with Crippen LogP contribution in [0.3, 0.4) is 0 Å². The summed E-state index contributed by atoms with van der Waals surface area (Å²) in [5, 5.41) is 2.28. The summed E-state index contributed by atoms with van der Waals surface area (Å²) >= 11 is 1.31. The van der Waals surface area contributed by atoms with Gasteiger partial charge in [0, 0.05) is 37.0 Å². The predicted octanol–water partition coefficient (Wildman–Crippen LogP) is 5.19. The van der Waals surface area contributed by atoms with Gasteiger partial charge in [0.05, 0.1) is 11.4 Å². The molecule has 0 bridgehead atoms. The SMILES string of the molecule is C=CCN(Cc1ccccc1F)C(=O)/C=C/c1csc(N(C(C)=O)c2ccccc2)n1. The second-order valence-electron chi connectivity index (χ2n) is 6.68. The van der Waals surface area contributed by atoms with Crippen LogP contribution >= 0.6 is 11.3 Å². The average Bonchev–Trinajstić information content (AvgIpc) is 3.22. The van der Waals surface area contributed by atoms with E-state index in [0.717, 1.165) is 5.69 Å². The summed E-state index contributed by atoms with van der Waals surface area (Å²) in [5.41, 5.74) is 1.71. The summed E-state index contributed by atoms with van der Waals surface area (Å²) in [5.74, 6) is -0.805. The highest BCUT2D eigenvalue weighted by molar-refractivity contribution is 7.14. The van der Waals surface area contributed by atoms with E-state index in [2.05, 4.69) is 11.6 Å². The Morgan fingerprint density at radius 3 is 2.52 bits per heavy atom. The quantitative estimate of drug-likeness (QED) is 0.361. The number of amides is 2. The zero-order chi connectivity index (χ0) is 22.2. The average molecular weight is 436 g/mol. The highest BCUT2D eigenvalue weighted by atomic mass is 32.1. The van der Waals surface area contributed by atoms with E-state index in [9.17, 15) is 14.0 Å². The molecule has 0 aliphatic heterocycles. The summed E-state index contributed by atoms with van der Waals surface area (Å²) < 4.78 is 14.0. The highest BCUT2D eigenvalue weighted by Gasteiger charge is 2.17. The minimum atomic E-state index is -0.359. The summed E-state index contributed by atoms with van der Waals surface area (Å²) in [4.78, 5) is 32.3. The van der Waals surface area contributed by atoms with Gasteiger partial charge in [-0.1, -0.05) is 42.5 Å². The first-order chi connectivity index (χ1) is 15.0. The topological polar surface area (TPSA) is 53.5 Å². The van der Waals surface area contributed by atoms with Crippen LogP contribution in [0.5, 0.6) is 0 Å². The number of carbonyl (C=O) groups is 2. The highest BCUT2D eigenvalue weighted by Crippen LogP contribution is 2.29. The lowest BCUT2D eigenvalue weighted by molar-refractivity contribution is -0.126. The number of para-hydroxylation sites is 1. The van der Waals surface area contributed by atoms with Crippen LogP contribution in [0.1, 0.15) is 18.2 Å². The van der Waals surface area contributed by atoms with Crippen molar-refractivity contribution in [3.8, 4) is 0 Å². The van der Waals surface area contributed by atoms with Crippen LogP contribution in [0.4, 0.5) is 15.2 Å². The number of benzene rings is 2. The van der Waals surface area contributed by atoms with Gasteiger partial charge >= 0.3 is 0 Å². The number of aromatic nitrogens is 1. The number of hydrogen-bond acceptors (Lipinski definition) is 4. The molecule has 3 rings (SSSR count). The monoisotopic (exact) mass is 435 g/mol. The van der Waals surface area contributed by atoms with Gasteiger partial charge in [0.15, 0.2) is 5.13 Å². The third kappa shape index (κ3) is 5.73. The lowest BCUT2D eigenvalue weighted by Crippen LogP contribution is -2.29. The van der Waals surface area contributed by atoms with Gasteiger partial charge in [0.1, 0.15) is 5.82 Å². The molecular formula is C24H22FN3O2S. The Labute approximate surface area is 184 Å². The van der Waals surface area contributed by atoms with E-state index in [4.69, 9.17) is 0 Å². The Morgan fingerprint density at radius 2 is 1.84 bits per heavy atom. The minimum absolute atomic E-state index is 0.135. The normalized spacial score (nSPS) is 10.8. The number of nitrogens with zero attached hydrogens (tertiary/aromatic N) is 3. The van der Waals surface area contributed by atoms with Gasteiger partial charge in [-0.3, -0.25) is 14.5 Å². The van der Waals surface area contributed by atoms with Crippen molar-refractivity contribution in [2.24, 2.45) is 0 Å². The molecule has 0 fully saturated rings. The molecule has 0 atom stereocenters. The Morgan fingerprint density at radius 1 is 1.13 bits per heavy atom. The molecule has 0 saturated carbocycles. The molecule has 1 heterocycles. The van der Waals surface area contributed by atoms with Crippen LogP contribution in [-0.2, 0) is 16.1 Å². The molecule has 2 amide bonds. The molecule has 0 radical (unpaired) electrons. The standard InChI is InChI=1S/C24H22FN3O2S/c1-3-15-27(16-19-9-7-8-12-22(19)25)23(30)14-13-20-17-31-24(26-20)28(18(2)29)21-10-5-4-6-11-21/h3-14,17H,1,15-16H2,2H3/b14-13+. The van der Waals surface area contributed by atoms with Gasteiger partial charge in [-0.05, 0) is 24.3 Å². The number of halogens is 1. The van der Waals surface area contributed by atoms with Crippen molar-refractivity contribution >= 4 is 40.0 Å². The van der Waals surface area contributed by atoms with Gasteiger partial charge < -0.3 is 4.90 Å². The van der Waals surface area contributed by atoms with E-state index >= 15 is 0 Å². The second kappa shape index (κ2) is 10.4. The minimum Gasteiger partial charge on any atom is -0.331 e. The largest absolute Gasteiger partial charge is 0.331 e. The first-order valence-corrected chi connectivity index (χ1v) is 10.5. The fraction of sp³-hybridized carbons (Fsp3) is 0.125. The molecule has 3 aromatic rings. The molecule has 0 unspecified atom stereocenters. The van der Waals surface area contributed by atoms with Gasteiger partial charge in [0.25, 0.3) is 0 Å². The Bertz CT molecular complexity index is 1090. The smallest absolute Gasteiger partial charge is 0.247 e. The number of anilines is 2. The summed E-state index contributed by atoms with van der Waals surface area (Å²) in [6.45, 7) is 5.57. The Kier molecular flexibility index (Phi) is 7.45. The van der Waals surface area contributed by atoms with Gasteiger partial charge in [-0.15, -0.1) is 17.9 Å². The molecule has 0 spiro atoms. The Hall–Kier alpha value is -3.58. The van der Waals surface area contributed by atoms with E-state index in [-0.39, 0.29) is 30.7 Å². The van der Waals surface area contributed by atoms with Gasteiger partial charge in [0.2, 0.25) is 11.8 Å². The van der Waals surface area contributed by atoms with Crippen LogP contribution in [-0.4, -0.2) is 28.2 Å². The van der Waals surface area contributed by atoms with Crippen LogP contribution in [0.25, 0.3) is 6.08 Å². The first-order valence-electron chi connectivity index (χ1n) is 9.62. The van der Waals surface area contributed by atoms with Crippen molar-refractivity contribution in [2.45, 2.75) is 13.5 Å². The van der Waals surface area contributed by atoms with Gasteiger partial charge in [-0.2, -0.15) is 0 Å². The first kappa shape index (κ1) is 22.1. The lowest BCUT2D eigenvalue weighted by Gasteiger charge is -2.19. The van der Waals surface area contributed by atoms with Gasteiger partial charge in [-0.25, -0.2) is 9.37 Å². The molecule has 5 nitrogen and oxygen atoms in total. The van der Waals surface area contributed by atoms with E-state index in [0.29, 0.717) is 16.4 Å². The molecule has 2 aromatic carbocycles. The fourth-order valence-corrected chi connectivity index (χ4v) is 3.80. The van der Waals surface area contributed by atoms with E-state index in [1.807, 2.05) is 30.3 Å². The van der Waals surface area contributed by atoms with E-state index < -0.39 is 0 Å². The number of rotatable bonds is 8. The lowest BCUT2D eigenvalue weighted by atomic mass is 10.2. The molecule has 0 aliphatic carbocycles. The van der Waals surface area contributed by atoms with Crippen molar-refractivity contribution in [3.05, 3.63) is 95.8 Å². The zero-order valence-electron chi connectivity index (χ0n) is 17.1. The molecular weight excluding hydrogens is 413 g/mol. The molecule has 1 aromatic heterocycles. The van der Waals surface area contributed by atoms with Crippen molar-refractivity contribution in [3.63, 3.8) is 0 Å². The van der Waals surface area contributed by atoms with Crippen LogP contribution in [0, 0.1) is 5.82 Å². The maximum Gasteiger partial charge on any atom is 0.247 e. The van der Waals surface area contributed by atoms with Crippen molar-refractivity contribution in [1.29, 1.82) is 0 Å². The Balaban J connectivity index is 1.75. The van der Waals surface area contributed by atoms with E-state index in [1.54, 1.807) is 35.7 Å². The molecule has 0 aliphatic rings.